The standard InChI is InChI=1S/C27H29N3O5S/c1-35-22-7-2-5-20(17-22)27(14-15-27)26(32)29-25-9-3-8-24(28-25)19-10-12-23(13-11-19)36(33,34)30-16-4-6-21(30)18-31/h2-3,5,7-13,17,21,31H,4,6,14-16,18H2,1H3,(H,28,29,32)/t21-/m1/s1. The van der Waals surface area contributed by atoms with E-state index in [0.29, 0.717) is 30.2 Å². The Morgan fingerprint density at radius 2 is 1.89 bits per heavy atom. The fourth-order valence-electron chi connectivity index (χ4n) is 4.83. The van der Waals surface area contributed by atoms with E-state index in [1.54, 1.807) is 37.4 Å². The van der Waals surface area contributed by atoms with Gasteiger partial charge in [-0.3, -0.25) is 4.79 Å². The molecule has 2 fully saturated rings. The topological polar surface area (TPSA) is 109 Å². The molecular weight excluding hydrogens is 478 g/mol. The van der Waals surface area contributed by atoms with Crippen LogP contribution in [0.4, 0.5) is 5.82 Å². The highest BCUT2D eigenvalue weighted by Gasteiger charge is 2.51. The van der Waals surface area contributed by atoms with Gasteiger partial charge in [0.25, 0.3) is 0 Å². The van der Waals surface area contributed by atoms with Crippen LogP contribution >= 0.6 is 0 Å². The van der Waals surface area contributed by atoms with E-state index in [1.165, 1.54) is 4.31 Å². The lowest BCUT2D eigenvalue weighted by atomic mass is 9.94. The van der Waals surface area contributed by atoms with Gasteiger partial charge in [-0.15, -0.1) is 0 Å². The molecule has 8 nitrogen and oxygen atoms in total. The maximum absolute atomic E-state index is 13.2. The van der Waals surface area contributed by atoms with Crippen LogP contribution in [-0.4, -0.2) is 55.0 Å². The van der Waals surface area contributed by atoms with Crippen LogP contribution in [0.25, 0.3) is 11.3 Å². The Kier molecular flexibility index (Phi) is 6.55. The Balaban J connectivity index is 1.33. The molecule has 2 aliphatic rings. The van der Waals surface area contributed by atoms with Crippen LogP contribution in [0.5, 0.6) is 5.75 Å². The molecule has 0 unspecified atom stereocenters. The molecule has 5 rings (SSSR count). The molecule has 1 aliphatic heterocycles. The first kappa shape index (κ1) is 24.4. The van der Waals surface area contributed by atoms with Crippen molar-refractivity contribution in [2.24, 2.45) is 0 Å². The van der Waals surface area contributed by atoms with Gasteiger partial charge < -0.3 is 15.2 Å². The van der Waals surface area contributed by atoms with Gasteiger partial charge in [0.2, 0.25) is 15.9 Å². The van der Waals surface area contributed by atoms with Crippen LogP contribution in [0.15, 0.2) is 71.6 Å². The Bertz CT molecular complexity index is 1370. The largest absolute Gasteiger partial charge is 0.497 e. The number of methoxy groups -OCH3 is 1. The maximum Gasteiger partial charge on any atom is 0.243 e. The highest BCUT2D eigenvalue weighted by Crippen LogP contribution is 2.49. The van der Waals surface area contributed by atoms with Gasteiger partial charge >= 0.3 is 0 Å². The van der Waals surface area contributed by atoms with Crippen molar-refractivity contribution in [1.82, 2.24) is 9.29 Å². The van der Waals surface area contributed by atoms with Gasteiger partial charge in [0, 0.05) is 18.2 Å². The predicted octanol–water partition coefficient (Wildman–Crippen LogP) is 3.57. The number of sulfonamides is 1. The molecule has 9 heteroatoms. The molecule has 1 amide bonds. The van der Waals surface area contributed by atoms with Gasteiger partial charge in [0.05, 0.1) is 29.7 Å². The van der Waals surface area contributed by atoms with Crippen molar-refractivity contribution in [2.75, 3.05) is 25.6 Å². The fourth-order valence-corrected chi connectivity index (χ4v) is 6.52. The van der Waals surface area contributed by atoms with E-state index >= 15 is 0 Å². The van der Waals surface area contributed by atoms with Crippen LogP contribution in [0.1, 0.15) is 31.2 Å². The number of nitrogens with zero attached hydrogens (tertiary/aromatic N) is 2. The Morgan fingerprint density at radius 3 is 2.58 bits per heavy atom. The number of aliphatic hydroxyl groups is 1. The minimum atomic E-state index is -3.68. The molecule has 1 aliphatic carbocycles. The van der Waals surface area contributed by atoms with Crippen molar-refractivity contribution in [3.8, 4) is 17.0 Å². The number of rotatable bonds is 8. The molecule has 2 N–H and O–H groups in total. The first-order valence-electron chi connectivity index (χ1n) is 12.0. The SMILES string of the molecule is COc1cccc(C2(C(=O)Nc3cccc(-c4ccc(S(=O)(=O)N5CCC[C@@H]5CO)cc4)n3)CC2)c1. The number of carbonyl (C=O) groups is 1. The number of aromatic nitrogens is 1. The lowest BCUT2D eigenvalue weighted by molar-refractivity contribution is -0.118. The normalized spacial score (nSPS) is 19.1. The molecular formula is C27H29N3O5S. The van der Waals surface area contributed by atoms with Gasteiger partial charge in [-0.05, 0) is 67.6 Å². The molecule has 1 atom stereocenters. The summed E-state index contributed by atoms with van der Waals surface area (Å²) in [7, 11) is -2.07. The first-order valence-corrected chi connectivity index (χ1v) is 13.5. The average molecular weight is 508 g/mol. The molecule has 0 bridgehead atoms. The molecule has 1 aromatic heterocycles. The molecule has 2 heterocycles. The van der Waals surface area contributed by atoms with Crippen LogP contribution in [0.2, 0.25) is 0 Å². The van der Waals surface area contributed by atoms with Crippen LogP contribution in [0.3, 0.4) is 0 Å². The fraction of sp³-hybridized carbons (Fsp3) is 0.333. The first-order chi connectivity index (χ1) is 17.4. The summed E-state index contributed by atoms with van der Waals surface area (Å²) in [6.45, 7) is 0.231. The summed E-state index contributed by atoms with van der Waals surface area (Å²) < 4.78 is 32.8. The van der Waals surface area contributed by atoms with Crippen molar-refractivity contribution < 1.29 is 23.1 Å². The number of ether oxygens (including phenoxy) is 1. The van der Waals surface area contributed by atoms with Gasteiger partial charge in [-0.1, -0.05) is 30.3 Å². The van der Waals surface area contributed by atoms with E-state index in [0.717, 1.165) is 30.4 Å². The molecule has 36 heavy (non-hydrogen) atoms. The Hall–Kier alpha value is -3.27. The highest BCUT2D eigenvalue weighted by atomic mass is 32.2. The zero-order chi connectivity index (χ0) is 25.3. The predicted molar refractivity (Wildman–Crippen MR) is 136 cm³/mol. The second-order valence-corrected chi connectivity index (χ2v) is 11.2. The number of aliphatic hydroxyl groups excluding tert-OH is 1. The zero-order valence-corrected chi connectivity index (χ0v) is 20.9. The van der Waals surface area contributed by atoms with E-state index in [4.69, 9.17) is 4.74 Å². The van der Waals surface area contributed by atoms with E-state index in [-0.39, 0.29) is 23.5 Å². The molecule has 1 saturated heterocycles. The minimum Gasteiger partial charge on any atom is -0.497 e. The molecule has 0 spiro atoms. The lowest BCUT2D eigenvalue weighted by Crippen LogP contribution is -2.37. The Morgan fingerprint density at radius 1 is 1.14 bits per heavy atom. The number of amides is 1. The number of anilines is 1. The van der Waals surface area contributed by atoms with Crippen molar-refractivity contribution in [2.45, 2.75) is 42.0 Å². The highest BCUT2D eigenvalue weighted by molar-refractivity contribution is 7.89. The molecule has 0 radical (unpaired) electrons. The van der Waals surface area contributed by atoms with E-state index in [1.807, 2.05) is 36.4 Å². The second kappa shape index (κ2) is 9.65. The van der Waals surface area contributed by atoms with E-state index < -0.39 is 15.4 Å². The third-order valence-corrected chi connectivity index (χ3v) is 9.05. The number of nitrogens with one attached hydrogen (secondary N) is 1. The molecule has 2 aromatic carbocycles. The van der Waals surface area contributed by atoms with E-state index in [9.17, 15) is 18.3 Å². The second-order valence-electron chi connectivity index (χ2n) is 9.30. The molecule has 1 saturated carbocycles. The van der Waals surface area contributed by atoms with Gasteiger partial charge in [-0.2, -0.15) is 4.31 Å². The number of hydrogen-bond donors (Lipinski definition) is 2. The Labute approximate surface area is 211 Å². The monoisotopic (exact) mass is 507 g/mol. The van der Waals surface area contributed by atoms with Gasteiger partial charge in [0.15, 0.2) is 0 Å². The number of benzene rings is 2. The minimum absolute atomic E-state index is 0.106. The summed E-state index contributed by atoms with van der Waals surface area (Å²) in [5.41, 5.74) is 1.70. The van der Waals surface area contributed by atoms with E-state index in [2.05, 4.69) is 10.3 Å². The van der Waals surface area contributed by atoms with Crippen LogP contribution in [0, 0.1) is 0 Å². The zero-order valence-electron chi connectivity index (χ0n) is 20.1. The number of pyridine rings is 1. The van der Waals surface area contributed by atoms with Crippen molar-refractivity contribution in [3.63, 3.8) is 0 Å². The summed E-state index contributed by atoms with van der Waals surface area (Å²) in [4.78, 5) is 18.0. The van der Waals surface area contributed by atoms with Crippen LogP contribution < -0.4 is 10.1 Å². The third-order valence-electron chi connectivity index (χ3n) is 7.09. The smallest absolute Gasteiger partial charge is 0.243 e. The summed E-state index contributed by atoms with van der Waals surface area (Å²) in [5, 5.41) is 12.5. The molecule has 188 valence electrons. The summed E-state index contributed by atoms with van der Waals surface area (Å²) in [6, 6.07) is 19.1. The van der Waals surface area contributed by atoms with Crippen molar-refractivity contribution >= 4 is 21.7 Å². The van der Waals surface area contributed by atoms with Crippen LogP contribution in [-0.2, 0) is 20.2 Å². The lowest BCUT2D eigenvalue weighted by Gasteiger charge is -2.22. The third kappa shape index (κ3) is 4.50. The quantitative estimate of drug-likeness (QED) is 0.483. The number of carbonyl (C=O) groups excluding carboxylic acids is 1. The average Bonchev–Trinajstić information content (AvgIpc) is 3.58. The van der Waals surface area contributed by atoms with Gasteiger partial charge in [-0.25, -0.2) is 13.4 Å². The number of hydrogen-bond acceptors (Lipinski definition) is 6. The maximum atomic E-state index is 13.2. The van der Waals surface area contributed by atoms with Crippen molar-refractivity contribution in [3.05, 3.63) is 72.3 Å². The summed E-state index contributed by atoms with van der Waals surface area (Å²) in [5.74, 6) is 1.05. The summed E-state index contributed by atoms with van der Waals surface area (Å²) >= 11 is 0. The van der Waals surface area contributed by atoms with Crippen molar-refractivity contribution in [1.29, 1.82) is 0 Å². The van der Waals surface area contributed by atoms with Gasteiger partial charge in [0.1, 0.15) is 11.6 Å². The summed E-state index contributed by atoms with van der Waals surface area (Å²) in [6.07, 6.45) is 2.92. The molecule has 3 aromatic rings.